The molecule has 0 aliphatic carbocycles. The summed E-state index contributed by atoms with van der Waals surface area (Å²) in [5.41, 5.74) is 0.749. The fraction of sp³-hybridized carbons (Fsp3) is 0.0667. The Hall–Kier alpha value is -2.40. The van der Waals surface area contributed by atoms with Gasteiger partial charge in [-0.3, -0.25) is 4.79 Å². The molecule has 0 radical (unpaired) electrons. The molecule has 0 fully saturated rings. The highest BCUT2D eigenvalue weighted by atomic mass is 35.5. The normalized spacial score (nSPS) is 10.2. The molecule has 2 aromatic rings. The first kappa shape index (κ1) is 15.0. The van der Waals surface area contributed by atoms with Gasteiger partial charge in [0, 0.05) is 0 Å². The van der Waals surface area contributed by atoms with Crippen molar-refractivity contribution in [3.8, 4) is 0 Å². The first-order valence-corrected chi connectivity index (χ1v) is 6.37. The Morgan fingerprint density at radius 3 is 2.57 bits per heavy atom. The quantitative estimate of drug-likeness (QED) is 0.907. The van der Waals surface area contributed by atoms with Gasteiger partial charge in [0.25, 0.3) is 5.91 Å². The third-order valence-corrected chi connectivity index (χ3v) is 3.22. The van der Waals surface area contributed by atoms with E-state index in [1.54, 1.807) is 19.1 Å². The summed E-state index contributed by atoms with van der Waals surface area (Å²) in [5, 5.41) is 11.6. The van der Waals surface area contributed by atoms with E-state index in [0.717, 1.165) is 12.1 Å². The number of hydrogen-bond acceptors (Lipinski definition) is 2. The van der Waals surface area contributed by atoms with Crippen molar-refractivity contribution in [2.24, 2.45) is 0 Å². The zero-order valence-electron chi connectivity index (χ0n) is 11.0. The molecule has 0 atom stereocenters. The van der Waals surface area contributed by atoms with Crippen LogP contribution in [0.4, 0.5) is 10.1 Å². The van der Waals surface area contributed by atoms with Crippen molar-refractivity contribution in [3.63, 3.8) is 0 Å². The number of carboxylic acid groups (broad SMARTS) is 1. The Morgan fingerprint density at radius 1 is 1.24 bits per heavy atom. The van der Waals surface area contributed by atoms with Gasteiger partial charge in [0.05, 0.1) is 21.8 Å². The predicted octanol–water partition coefficient (Wildman–Crippen LogP) is 3.74. The van der Waals surface area contributed by atoms with E-state index in [9.17, 15) is 19.1 Å². The van der Waals surface area contributed by atoms with Crippen molar-refractivity contribution >= 4 is 29.2 Å². The van der Waals surface area contributed by atoms with Crippen LogP contribution in [-0.4, -0.2) is 17.0 Å². The molecule has 0 aromatic heterocycles. The van der Waals surface area contributed by atoms with Crippen molar-refractivity contribution < 1.29 is 19.1 Å². The largest absolute Gasteiger partial charge is 0.478 e. The standard InChI is InChI=1S/C15H11ClFNO3/c1-8-3-2-4-12(13(8)15(20)21)18-14(19)10-6-5-9(17)7-11(10)16/h2-7H,1H3,(H,18,19)(H,20,21). The lowest BCUT2D eigenvalue weighted by atomic mass is 10.1. The molecule has 0 saturated carbocycles. The minimum absolute atomic E-state index is 0.00378. The molecule has 2 rings (SSSR count). The lowest BCUT2D eigenvalue weighted by molar-refractivity contribution is 0.0697. The maximum Gasteiger partial charge on any atom is 0.338 e. The summed E-state index contributed by atoms with van der Waals surface area (Å²) in [6, 6.07) is 8.10. The van der Waals surface area contributed by atoms with Crippen LogP contribution in [0.5, 0.6) is 0 Å². The van der Waals surface area contributed by atoms with Gasteiger partial charge in [-0.1, -0.05) is 23.7 Å². The van der Waals surface area contributed by atoms with Crippen molar-refractivity contribution in [2.45, 2.75) is 6.92 Å². The Morgan fingerprint density at radius 2 is 1.95 bits per heavy atom. The minimum Gasteiger partial charge on any atom is -0.478 e. The molecule has 2 aromatic carbocycles. The van der Waals surface area contributed by atoms with Crippen molar-refractivity contribution in [3.05, 3.63) is 63.9 Å². The maximum atomic E-state index is 13.0. The summed E-state index contributed by atoms with van der Waals surface area (Å²) in [4.78, 5) is 23.4. The zero-order valence-corrected chi connectivity index (χ0v) is 11.7. The smallest absolute Gasteiger partial charge is 0.338 e. The number of halogens is 2. The number of amides is 1. The average molecular weight is 308 g/mol. The van der Waals surface area contributed by atoms with Gasteiger partial charge in [-0.2, -0.15) is 0 Å². The van der Waals surface area contributed by atoms with Gasteiger partial charge in [-0.15, -0.1) is 0 Å². The van der Waals surface area contributed by atoms with Crippen LogP contribution in [0.3, 0.4) is 0 Å². The van der Waals surface area contributed by atoms with Crippen molar-refractivity contribution in [2.75, 3.05) is 5.32 Å². The van der Waals surface area contributed by atoms with E-state index in [4.69, 9.17) is 11.6 Å². The van der Waals surface area contributed by atoms with E-state index in [1.165, 1.54) is 12.1 Å². The third kappa shape index (κ3) is 3.20. The van der Waals surface area contributed by atoms with Crippen LogP contribution in [0.1, 0.15) is 26.3 Å². The average Bonchev–Trinajstić information content (AvgIpc) is 2.37. The van der Waals surface area contributed by atoms with Crippen LogP contribution >= 0.6 is 11.6 Å². The number of carbonyl (C=O) groups excluding carboxylic acids is 1. The molecule has 0 heterocycles. The number of anilines is 1. The second-order valence-electron chi connectivity index (χ2n) is 4.38. The van der Waals surface area contributed by atoms with Gasteiger partial charge in [0.1, 0.15) is 5.82 Å². The number of hydrogen-bond donors (Lipinski definition) is 2. The molecular formula is C15H11ClFNO3. The summed E-state index contributed by atoms with van der Waals surface area (Å²) < 4.78 is 13.0. The van der Waals surface area contributed by atoms with E-state index in [2.05, 4.69) is 5.32 Å². The number of aryl methyl sites for hydroxylation is 1. The Labute approximate surface area is 125 Å². The van der Waals surface area contributed by atoms with Crippen molar-refractivity contribution in [1.29, 1.82) is 0 Å². The Bertz CT molecular complexity index is 731. The second-order valence-corrected chi connectivity index (χ2v) is 4.79. The molecule has 2 N–H and O–H groups in total. The maximum absolute atomic E-state index is 13.0. The number of carboxylic acids is 1. The summed E-state index contributed by atoms with van der Waals surface area (Å²) in [6.45, 7) is 1.63. The fourth-order valence-corrected chi connectivity index (χ4v) is 2.17. The molecule has 0 unspecified atom stereocenters. The second kappa shape index (κ2) is 5.93. The SMILES string of the molecule is Cc1cccc(NC(=O)c2ccc(F)cc2Cl)c1C(=O)O. The monoisotopic (exact) mass is 307 g/mol. The fourth-order valence-electron chi connectivity index (χ4n) is 1.92. The molecule has 4 nitrogen and oxygen atoms in total. The summed E-state index contributed by atoms with van der Waals surface area (Å²) >= 11 is 5.81. The molecule has 0 aliphatic rings. The highest BCUT2D eigenvalue weighted by Crippen LogP contribution is 2.23. The predicted molar refractivity (Wildman–Crippen MR) is 77.5 cm³/mol. The lowest BCUT2D eigenvalue weighted by Crippen LogP contribution is -2.16. The third-order valence-electron chi connectivity index (χ3n) is 2.91. The van der Waals surface area contributed by atoms with Gasteiger partial charge in [0.15, 0.2) is 0 Å². The Kier molecular flexibility index (Phi) is 4.23. The zero-order chi connectivity index (χ0) is 15.6. The summed E-state index contributed by atoms with van der Waals surface area (Å²) in [6.07, 6.45) is 0. The Balaban J connectivity index is 2.36. The molecular weight excluding hydrogens is 297 g/mol. The molecule has 0 saturated heterocycles. The number of rotatable bonds is 3. The number of aromatic carboxylic acids is 1. The number of nitrogens with one attached hydrogen (secondary N) is 1. The van der Waals surface area contributed by atoms with Crippen LogP contribution in [0.15, 0.2) is 36.4 Å². The topological polar surface area (TPSA) is 66.4 Å². The van der Waals surface area contributed by atoms with Gasteiger partial charge >= 0.3 is 5.97 Å². The highest BCUT2D eigenvalue weighted by molar-refractivity contribution is 6.34. The van der Waals surface area contributed by atoms with E-state index in [1.807, 2.05) is 0 Å². The van der Waals surface area contributed by atoms with Gasteiger partial charge in [-0.25, -0.2) is 9.18 Å². The van der Waals surface area contributed by atoms with Crippen LogP contribution in [0, 0.1) is 12.7 Å². The van der Waals surface area contributed by atoms with Crippen LogP contribution < -0.4 is 5.32 Å². The summed E-state index contributed by atoms with van der Waals surface area (Å²) in [5.74, 6) is -2.31. The minimum atomic E-state index is -1.14. The number of benzene rings is 2. The first-order chi connectivity index (χ1) is 9.90. The highest BCUT2D eigenvalue weighted by Gasteiger charge is 2.17. The van der Waals surface area contributed by atoms with E-state index in [0.29, 0.717) is 5.56 Å². The van der Waals surface area contributed by atoms with Gasteiger partial charge in [0.2, 0.25) is 0 Å². The van der Waals surface area contributed by atoms with Gasteiger partial charge < -0.3 is 10.4 Å². The van der Waals surface area contributed by atoms with Crippen molar-refractivity contribution in [1.82, 2.24) is 0 Å². The van der Waals surface area contributed by atoms with Crippen LogP contribution in [-0.2, 0) is 0 Å². The molecule has 108 valence electrons. The molecule has 0 spiro atoms. The number of carbonyl (C=O) groups is 2. The van der Waals surface area contributed by atoms with Gasteiger partial charge in [-0.05, 0) is 36.8 Å². The van der Waals surface area contributed by atoms with E-state index < -0.39 is 17.7 Å². The van der Waals surface area contributed by atoms with Crippen LogP contribution in [0.25, 0.3) is 0 Å². The molecule has 21 heavy (non-hydrogen) atoms. The van der Waals surface area contributed by atoms with E-state index in [-0.39, 0.29) is 21.8 Å². The summed E-state index contributed by atoms with van der Waals surface area (Å²) in [7, 11) is 0. The molecule has 0 aliphatic heterocycles. The molecule has 6 heteroatoms. The first-order valence-electron chi connectivity index (χ1n) is 5.99. The van der Waals surface area contributed by atoms with E-state index >= 15 is 0 Å². The van der Waals surface area contributed by atoms with Crippen LogP contribution in [0.2, 0.25) is 5.02 Å². The molecule has 1 amide bonds. The molecule has 0 bridgehead atoms. The lowest BCUT2D eigenvalue weighted by Gasteiger charge is -2.11.